The van der Waals surface area contributed by atoms with E-state index in [-0.39, 0.29) is 6.61 Å². The van der Waals surface area contributed by atoms with E-state index in [1.165, 1.54) is 0 Å². The van der Waals surface area contributed by atoms with Gasteiger partial charge in [0.15, 0.2) is 0 Å². The standard InChI is InChI=1S/C14H17NO3/c16-10-12(17)6-3-9-18-13-7-1-4-11-5-2-8-15-14(11)13/h1-2,4-5,7-8,12,16-17H,3,6,9-10H2. The maximum atomic E-state index is 9.21. The van der Waals surface area contributed by atoms with Crippen LogP contribution in [0.1, 0.15) is 12.8 Å². The highest BCUT2D eigenvalue weighted by molar-refractivity contribution is 5.84. The summed E-state index contributed by atoms with van der Waals surface area (Å²) in [7, 11) is 0. The van der Waals surface area contributed by atoms with Gasteiger partial charge in [0.2, 0.25) is 0 Å². The zero-order chi connectivity index (χ0) is 12.8. The van der Waals surface area contributed by atoms with Gasteiger partial charge in [-0.05, 0) is 25.0 Å². The number of hydrogen-bond acceptors (Lipinski definition) is 4. The molecule has 1 aromatic heterocycles. The molecule has 1 aromatic carbocycles. The Morgan fingerprint density at radius 1 is 1.22 bits per heavy atom. The first-order chi connectivity index (χ1) is 8.81. The Balaban J connectivity index is 1.95. The highest BCUT2D eigenvalue weighted by atomic mass is 16.5. The van der Waals surface area contributed by atoms with Crippen molar-refractivity contribution in [3.63, 3.8) is 0 Å². The van der Waals surface area contributed by atoms with E-state index >= 15 is 0 Å². The number of nitrogens with zero attached hydrogens (tertiary/aromatic N) is 1. The van der Waals surface area contributed by atoms with Crippen LogP contribution in [0.15, 0.2) is 36.5 Å². The van der Waals surface area contributed by atoms with Gasteiger partial charge in [-0.3, -0.25) is 4.98 Å². The summed E-state index contributed by atoms with van der Waals surface area (Å²) in [4.78, 5) is 4.30. The van der Waals surface area contributed by atoms with Gasteiger partial charge in [0.1, 0.15) is 11.3 Å². The Morgan fingerprint density at radius 2 is 2.06 bits per heavy atom. The molecule has 0 fully saturated rings. The topological polar surface area (TPSA) is 62.6 Å². The highest BCUT2D eigenvalue weighted by Gasteiger charge is 2.04. The van der Waals surface area contributed by atoms with E-state index in [2.05, 4.69) is 4.98 Å². The Morgan fingerprint density at radius 3 is 2.89 bits per heavy atom. The van der Waals surface area contributed by atoms with Crippen molar-refractivity contribution in [3.8, 4) is 5.75 Å². The lowest BCUT2D eigenvalue weighted by molar-refractivity contribution is 0.0828. The van der Waals surface area contributed by atoms with E-state index in [4.69, 9.17) is 9.84 Å². The monoisotopic (exact) mass is 247 g/mol. The molecule has 2 aromatic rings. The van der Waals surface area contributed by atoms with Gasteiger partial charge in [0.05, 0.1) is 19.3 Å². The Hall–Kier alpha value is -1.65. The molecule has 1 unspecified atom stereocenters. The Bertz CT molecular complexity index is 496. The Labute approximate surface area is 106 Å². The average Bonchev–Trinajstić information content (AvgIpc) is 2.43. The normalized spacial score (nSPS) is 12.6. The van der Waals surface area contributed by atoms with Crippen LogP contribution in [0.4, 0.5) is 0 Å². The smallest absolute Gasteiger partial charge is 0.145 e. The average molecular weight is 247 g/mol. The third-order valence-corrected chi connectivity index (χ3v) is 2.75. The van der Waals surface area contributed by atoms with Gasteiger partial charge in [0.25, 0.3) is 0 Å². The molecule has 4 nitrogen and oxygen atoms in total. The van der Waals surface area contributed by atoms with Crippen LogP contribution >= 0.6 is 0 Å². The van der Waals surface area contributed by atoms with Crippen LogP contribution in [-0.2, 0) is 0 Å². The van der Waals surface area contributed by atoms with E-state index in [1.54, 1.807) is 6.20 Å². The molecule has 4 heteroatoms. The number of pyridine rings is 1. The number of ether oxygens (including phenoxy) is 1. The van der Waals surface area contributed by atoms with E-state index in [0.717, 1.165) is 16.7 Å². The van der Waals surface area contributed by atoms with Crippen LogP contribution in [0.5, 0.6) is 5.75 Å². The fourth-order valence-corrected chi connectivity index (χ4v) is 1.79. The van der Waals surface area contributed by atoms with Gasteiger partial charge in [-0.1, -0.05) is 18.2 Å². The van der Waals surface area contributed by atoms with Gasteiger partial charge in [-0.25, -0.2) is 0 Å². The number of aliphatic hydroxyl groups excluding tert-OH is 2. The summed E-state index contributed by atoms with van der Waals surface area (Å²) in [6.07, 6.45) is 2.32. The number of aliphatic hydroxyl groups is 2. The first-order valence-corrected chi connectivity index (χ1v) is 6.06. The molecule has 18 heavy (non-hydrogen) atoms. The van der Waals surface area contributed by atoms with Crippen molar-refractivity contribution in [1.82, 2.24) is 4.98 Å². The van der Waals surface area contributed by atoms with Crippen LogP contribution in [0.3, 0.4) is 0 Å². The quantitative estimate of drug-likeness (QED) is 0.763. The maximum Gasteiger partial charge on any atom is 0.145 e. The van der Waals surface area contributed by atoms with E-state index in [0.29, 0.717) is 19.4 Å². The minimum Gasteiger partial charge on any atom is -0.491 e. The molecule has 0 aliphatic rings. The summed E-state index contributed by atoms with van der Waals surface area (Å²) in [6.45, 7) is 0.308. The van der Waals surface area contributed by atoms with Crippen molar-refractivity contribution in [3.05, 3.63) is 36.5 Å². The SMILES string of the molecule is OCC(O)CCCOc1cccc2cccnc12. The molecule has 0 amide bonds. The van der Waals surface area contributed by atoms with Crippen LogP contribution in [-0.4, -0.2) is 34.5 Å². The van der Waals surface area contributed by atoms with E-state index < -0.39 is 6.10 Å². The number of aromatic nitrogens is 1. The first-order valence-electron chi connectivity index (χ1n) is 6.06. The van der Waals surface area contributed by atoms with Crippen molar-refractivity contribution in [2.45, 2.75) is 18.9 Å². The fourth-order valence-electron chi connectivity index (χ4n) is 1.79. The molecule has 0 aliphatic heterocycles. The van der Waals surface area contributed by atoms with Crippen molar-refractivity contribution >= 4 is 10.9 Å². The number of hydrogen-bond donors (Lipinski definition) is 2. The van der Waals surface area contributed by atoms with Crippen LogP contribution < -0.4 is 4.74 Å². The molecule has 2 rings (SSSR count). The van der Waals surface area contributed by atoms with Crippen molar-refractivity contribution in [2.24, 2.45) is 0 Å². The fraction of sp³-hybridized carbons (Fsp3) is 0.357. The molecule has 96 valence electrons. The summed E-state index contributed by atoms with van der Waals surface area (Å²) >= 11 is 0. The predicted molar refractivity (Wildman–Crippen MR) is 69.6 cm³/mol. The summed E-state index contributed by atoms with van der Waals surface area (Å²) in [5, 5.41) is 18.9. The summed E-state index contributed by atoms with van der Waals surface area (Å²) in [6, 6.07) is 9.69. The Kier molecular flexibility index (Phi) is 4.50. The molecule has 0 radical (unpaired) electrons. The molecule has 1 atom stereocenters. The van der Waals surface area contributed by atoms with Crippen molar-refractivity contribution in [1.29, 1.82) is 0 Å². The van der Waals surface area contributed by atoms with Gasteiger partial charge in [-0.15, -0.1) is 0 Å². The molecular formula is C14H17NO3. The summed E-state index contributed by atoms with van der Waals surface area (Å²) in [5.41, 5.74) is 0.850. The van der Waals surface area contributed by atoms with Gasteiger partial charge in [0, 0.05) is 11.6 Å². The lowest BCUT2D eigenvalue weighted by Gasteiger charge is -2.10. The highest BCUT2D eigenvalue weighted by Crippen LogP contribution is 2.23. The molecule has 0 saturated heterocycles. The lowest BCUT2D eigenvalue weighted by atomic mass is 10.2. The van der Waals surface area contributed by atoms with Crippen molar-refractivity contribution in [2.75, 3.05) is 13.2 Å². The number of fused-ring (bicyclic) bond motifs is 1. The van der Waals surface area contributed by atoms with Crippen LogP contribution in [0, 0.1) is 0 Å². The second-order valence-corrected chi connectivity index (χ2v) is 4.16. The molecule has 0 spiro atoms. The third-order valence-electron chi connectivity index (χ3n) is 2.75. The molecule has 1 heterocycles. The zero-order valence-electron chi connectivity index (χ0n) is 10.1. The number of benzene rings is 1. The van der Waals surface area contributed by atoms with Crippen molar-refractivity contribution < 1.29 is 14.9 Å². The third kappa shape index (κ3) is 3.18. The number of rotatable bonds is 6. The van der Waals surface area contributed by atoms with E-state index in [1.807, 2.05) is 30.3 Å². The number of para-hydroxylation sites is 1. The second kappa shape index (κ2) is 6.33. The minimum absolute atomic E-state index is 0.199. The maximum absolute atomic E-state index is 9.21. The molecule has 0 aliphatic carbocycles. The summed E-state index contributed by atoms with van der Waals surface area (Å²) in [5.74, 6) is 0.756. The lowest BCUT2D eigenvalue weighted by Crippen LogP contribution is -2.13. The molecular weight excluding hydrogens is 230 g/mol. The van der Waals surface area contributed by atoms with E-state index in [9.17, 15) is 5.11 Å². The molecule has 2 N–H and O–H groups in total. The molecule has 0 saturated carbocycles. The van der Waals surface area contributed by atoms with Gasteiger partial charge >= 0.3 is 0 Å². The van der Waals surface area contributed by atoms with Gasteiger partial charge < -0.3 is 14.9 Å². The van der Waals surface area contributed by atoms with Crippen LogP contribution in [0.2, 0.25) is 0 Å². The zero-order valence-corrected chi connectivity index (χ0v) is 10.1. The van der Waals surface area contributed by atoms with Gasteiger partial charge in [-0.2, -0.15) is 0 Å². The first kappa shape index (κ1) is 12.8. The largest absolute Gasteiger partial charge is 0.491 e. The minimum atomic E-state index is -0.653. The summed E-state index contributed by atoms with van der Waals surface area (Å²) < 4.78 is 5.66. The predicted octanol–water partition coefficient (Wildman–Crippen LogP) is 1.75. The molecule has 0 bridgehead atoms. The van der Waals surface area contributed by atoms with Crippen LogP contribution in [0.25, 0.3) is 10.9 Å². The second-order valence-electron chi connectivity index (χ2n) is 4.16.